The van der Waals surface area contributed by atoms with Gasteiger partial charge >= 0.3 is 11.8 Å². The Balaban J connectivity index is 1.25. The van der Waals surface area contributed by atoms with Crippen LogP contribution in [0.15, 0.2) is 35.7 Å². The first-order chi connectivity index (χ1) is 14.1. The lowest BCUT2D eigenvalue weighted by Gasteiger charge is -2.22. The molecule has 1 aromatic heterocycles. The number of carbonyl (C=O) groups excluding carboxylic acids is 3. The Labute approximate surface area is 170 Å². The van der Waals surface area contributed by atoms with Crippen molar-refractivity contribution in [2.24, 2.45) is 0 Å². The molecule has 1 aromatic carbocycles. The van der Waals surface area contributed by atoms with Gasteiger partial charge in [-0.05, 0) is 29.1 Å². The fourth-order valence-electron chi connectivity index (χ4n) is 3.04. The van der Waals surface area contributed by atoms with Gasteiger partial charge in [-0.25, -0.2) is 0 Å². The molecule has 2 aliphatic rings. The summed E-state index contributed by atoms with van der Waals surface area (Å²) in [7, 11) is 0. The predicted molar refractivity (Wildman–Crippen MR) is 103 cm³/mol. The van der Waals surface area contributed by atoms with Gasteiger partial charge in [0.05, 0.1) is 18.0 Å². The Bertz CT molecular complexity index is 917. The summed E-state index contributed by atoms with van der Waals surface area (Å²) in [5.74, 6) is -0.448. The average molecular weight is 417 g/mol. The fraction of sp³-hybridized carbons (Fsp3) is 0.316. The molecule has 0 spiro atoms. The van der Waals surface area contributed by atoms with Crippen LogP contribution in [0.4, 0.5) is 0 Å². The van der Waals surface area contributed by atoms with Gasteiger partial charge in [-0.1, -0.05) is 12.1 Å². The second-order valence-corrected chi connectivity index (χ2v) is 7.33. The van der Waals surface area contributed by atoms with Crippen LogP contribution in [0.1, 0.15) is 15.2 Å². The maximum Gasteiger partial charge on any atom is 0.309 e. The molecular weight excluding hydrogens is 398 g/mol. The lowest BCUT2D eigenvalue weighted by molar-refractivity contribution is -0.139. The minimum Gasteiger partial charge on any atom is -0.454 e. The van der Waals surface area contributed by atoms with Gasteiger partial charge in [0.1, 0.15) is 6.23 Å². The van der Waals surface area contributed by atoms with Crippen LogP contribution in [0.25, 0.3) is 0 Å². The first-order valence-electron chi connectivity index (χ1n) is 9.02. The molecule has 1 fully saturated rings. The number of fused-ring (bicyclic) bond motifs is 1. The van der Waals surface area contributed by atoms with E-state index >= 15 is 0 Å². The molecule has 0 aliphatic carbocycles. The van der Waals surface area contributed by atoms with E-state index < -0.39 is 18.0 Å². The molecule has 29 heavy (non-hydrogen) atoms. The molecule has 0 unspecified atom stereocenters. The van der Waals surface area contributed by atoms with E-state index in [1.165, 1.54) is 11.3 Å². The van der Waals surface area contributed by atoms with Crippen LogP contribution in [-0.2, 0) is 20.9 Å². The van der Waals surface area contributed by atoms with Crippen LogP contribution in [-0.4, -0.2) is 55.3 Å². The van der Waals surface area contributed by atoms with E-state index in [1.54, 1.807) is 35.2 Å². The Hall–Kier alpha value is -3.11. The summed E-state index contributed by atoms with van der Waals surface area (Å²) in [5.41, 5.74) is 0.780. The SMILES string of the molecule is O=C(NCc1ccc2c(c1)OCO2)C(=O)NC[C@H]1OCCN1C(=O)c1cccs1. The van der Waals surface area contributed by atoms with Crippen LogP contribution in [0.5, 0.6) is 11.5 Å². The Morgan fingerprint density at radius 3 is 2.76 bits per heavy atom. The van der Waals surface area contributed by atoms with E-state index in [9.17, 15) is 14.4 Å². The molecule has 1 atom stereocenters. The van der Waals surface area contributed by atoms with Gasteiger partial charge in [0.15, 0.2) is 11.5 Å². The predicted octanol–water partition coefficient (Wildman–Crippen LogP) is 0.708. The monoisotopic (exact) mass is 417 g/mol. The standard InChI is InChI=1S/C19H19N3O6S/c23-17(20-9-12-3-4-13-14(8-12)28-11-27-13)18(24)21-10-16-22(5-6-26-16)19(25)15-2-1-7-29-15/h1-4,7-8,16H,5-6,9-11H2,(H,20,23)(H,21,24)/t16-/m1/s1. The van der Waals surface area contributed by atoms with E-state index in [0.717, 1.165) is 5.56 Å². The van der Waals surface area contributed by atoms with E-state index in [2.05, 4.69) is 10.6 Å². The van der Waals surface area contributed by atoms with Crippen molar-refractivity contribution >= 4 is 29.1 Å². The van der Waals surface area contributed by atoms with E-state index in [-0.39, 0.29) is 25.8 Å². The molecule has 0 bridgehead atoms. The molecule has 2 aromatic rings. The van der Waals surface area contributed by atoms with Crippen molar-refractivity contribution < 1.29 is 28.6 Å². The second-order valence-electron chi connectivity index (χ2n) is 6.38. The molecule has 3 heterocycles. The van der Waals surface area contributed by atoms with Crippen LogP contribution in [0, 0.1) is 0 Å². The summed E-state index contributed by atoms with van der Waals surface area (Å²) in [6.07, 6.45) is -0.602. The molecule has 152 valence electrons. The minimum atomic E-state index is -0.787. The topological polar surface area (TPSA) is 106 Å². The van der Waals surface area contributed by atoms with E-state index in [1.807, 2.05) is 5.38 Å². The number of rotatable bonds is 5. The normalized spacial score (nSPS) is 17.2. The summed E-state index contributed by atoms with van der Waals surface area (Å²) in [4.78, 5) is 38.8. The van der Waals surface area contributed by atoms with Crippen molar-refractivity contribution in [2.45, 2.75) is 12.8 Å². The molecule has 2 N–H and O–H groups in total. The quantitative estimate of drug-likeness (QED) is 0.694. The number of hydrogen-bond acceptors (Lipinski definition) is 7. The number of benzene rings is 1. The van der Waals surface area contributed by atoms with Crippen molar-refractivity contribution in [3.8, 4) is 11.5 Å². The summed E-state index contributed by atoms with van der Waals surface area (Å²) in [6.45, 7) is 1.20. The third-order valence-electron chi connectivity index (χ3n) is 4.52. The highest BCUT2D eigenvalue weighted by atomic mass is 32.1. The molecule has 1 saturated heterocycles. The first-order valence-corrected chi connectivity index (χ1v) is 9.90. The highest BCUT2D eigenvalue weighted by Gasteiger charge is 2.31. The van der Waals surface area contributed by atoms with E-state index in [4.69, 9.17) is 14.2 Å². The third kappa shape index (κ3) is 4.33. The minimum absolute atomic E-state index is 0.0351. The van der Waals surface area contributed by atoms with Gasteiger partial charge in [0, 0.05) is 13.1 Å². The molecule has 0 saturated carbocycles. The lowest BCUT2D eigenvalue weighted by Crippen LogP contribution is -2.47. The Kier molecular flexibility index (Phi) is 5.63. The number of hydrogen-bond donors (Lipinski definition) is 2. The van der Waals surface area contributed by atoms with Crippen molar-refractivity contribution in [2.75, 3.05) is 26.5 Å². The zero-order valence-corrected chi connectivity index (χ0v) is 16.2. The van der Waals surface area contributed by atoms with Gasteiger partial charge in [-0.2, -0.15) is 0 Å². The van der Waals surface area contributed by atoms with Crippen LogP contribution in [0.3, 0.4) is 0 Å². The van der Waals surface area contributed by atoms with Gasteiger partial charge in [0.25, 0.3) is 5.91 Å². The number of carbonyl (C=O) groups is 3. The summed E-state index contributed by atoms with van der Waals surface area (Å²) < 4.78 is 16.0. The Morgan fingerprint density at radius 1 is 1.10 bits per heavy atom. The molecule has 10 heteroatoms. The molecular formula is C19H19N3O6S. The van der Waals surface area contributed by atoms with Crippen LogP contribution >= 0.6 is 11.3 Å². The average Bonchev–Trinajstić information content (AvgIpc) is 3.50. The van der Waals surface area contributed by atoms with Gasteiger partial charge in [-0.15, -0.1) is 11.3 Å². The number of ether oxygens (including phenoxy) is 3. The van der Waals surface area contributed by atoms with Gasteiger partial charge < -0.3 is 29.7 Å². The van der Waals surface area contributed by atoms with Crippen LogP contribution in [0.2, 0.25) is 0 Å². The second kappa shape index (κ2) is 8.50. The first kappa shape index (κ1) is 19.2. The molecule has 9 nitrogen and oxygen atoms in total. The van der Waals surface area contributed by atoms with Crippen molar-refractivity contribution in [3.05, 3.63) is 46.2 Å². The van der Waals surface area contributed by atoms with Gasteiger partial charge in [0.2, 0.25) is 6.79 Å². The number of nitrogens with zero attached hydrogens (tertiary/aromatic N) is 1. The van der Waals surface area contributed by atoms with Crippen molar-refractivity contribution in [3.63, 3.8) is 0 Å². The van der Waals surface area contributed by atoms with Crippen molar-refractivity contribution in [1.29, 1.82) is 0 Å². The molecule has 2 aliphatic heterocycles. The Morgan fingerprint density at radius 2 is 1.93 bits per heavy atom. The summed E-state index contributed by atoms with van der Waals surface area (Å²) >= 11 is 1.35. The molecule has 3 amide bonds. The van der Waals surface area contributed by atoms with E-state index in [0.29, 0.717) is 29.5 Å². The smallest absolute Gasteiger partial charge is 0.309 e. The number of thiophene rings is 1. The van der Waals surface area contributed by atoms with Gasteiger partial charge in [-0.3, -0.25) is 14.4 Å². The highest BCUT2D eigenvalue weighted by molar-refractivity contribution is 7.12. The van der Waals surface area contributed by atoms with Crippen molar-refractivity contribution in [1.82, 2.24) is 15.5 Å². The maximum absolute atomic E-state index is 12.5. The summed E-state index contributed by atoms with van der Waals surface area (Å²) in [6, 6.07) is 8.83. The number of nitrogens with one attached hydrogen (secondary N) is 2. The molecule has 0 radical (unpaired) electrons. The molecule has 4 rings (SSSR count). The highest BCUT2D eigenvalue weighted by Crippen LogP contribution is 2.32. The fourth-order valence-corrected chi connectivity index (χ4v) is 3.72. The van der Waals surface area contributed by atoms with Crippen LogP contribution < -0.4 is 20.1 Å². The third-order valence-corrected chi connectivity index (χ3v) is 5.37. The summed E-state index contributed by atoms with van der Waals surface area (Å²) in [5, 5.41) is 6.90. The zero-order valence-electron chi connectivity index (χ0n) is 15.4. The number of amides is 3. The largest absolute Gasteiger partial charge is 0.454 e. The maximum atomic E-state index is 12.5. The zero-order chi connectivity index (χ0) is 20.2. The lowest BCUT2D eigenvalue weighted by atomic mass is 10.2.